The van der Waals surface area contributed by atoms with E-state index in [9.17, 15) is 4.79 Å². The van der Waals surface area contributed by atoms with Gasteiger partial charge in [0, 0.05) is 13.1 Å². The molecule has 0 aliphatic carbocycles. The van der Waals surface area contributed by atoms with E-state index in [0.717, 1.165) is 38.9 Å². The van der Waals surface area contributed by atoms with Gasteiger partial charge in [0.25, 0.3) is 0 Å². The van der Waals surface area contributed by atoms with E-state index in [1.54, 1.807) is 0 Å². The van der Waals surface area contributed by atoms with E-state index >= 15 is 0 Å². The van der Waals surface area contributed by atoms with Gasteiger partial charge in [0.15, 0.2) is 0 Å². The maximum absolute atomic E-state index is 12.1. The van der Waals surface area contributed by atoms with Gasteiger partial charge in [0.2, 0.25) is 5.91 Å². The monoisotopic (exact) mass is 258 g/mol. The van der Waals surface area contributed by atoms with Crippen LogP contribution < -0.4 is 5.32 Å². The fraction of sp³-hybridized carbons (Fsp3) is 0.923. The number of nitrogens with zero attached hydrogens (tertiary/aromatic N) is 1. The first-order chi connectivity index (χ1) is 8.29. The Morgan fingerprint density at radius 2 is 2.24 bits per heavy atom. The lowest BCUT2D eigenvalue weighted by atomic mass is 10.0. The van der Waals surface area contributed by atoms with Gasteiger partial charge in [0.1, 0.15) is 0 Å². The van der Waals surface area contributed by atoms with E-state index in [1.165, 1.54) is 18.6 Å². The normalized spacial score (nSPS) is 20.9. The summed E-state index contributed by atoms with van der Waals surface area (Å²) in [5.41, 5.74) is 0. The quantitative estimate of drug-likeness (QED) is 0.677. The summed E-state index contributed by atoms with van der Waals surface area (Å²) in [7, 11) is 0. The molecule has 0 aromatic rings. The zero-order valence-corrected chi connectivity index (χ0v) is 12.0. The first kappa shape index (κ1) is 14.8. The van der Waals surface area contributed by atoms with E-state index in [2.05, 4.69) is 23.4 Å². The number of likely N-dealkylation sites (tertiary alicyclic amines) is 1. The summed E-state index contributed by atoms with van der Waals surface area (Å²) >= 11 is 1.90. The number of rotatable bonds is 8. The number of thioether (sulfide) groups is 1. The van der Waals surface area contributed by atoms with Crippen LogP contribution in [-0.2, 0) is 4.79 Å². The van der Waals surface area contributed by atoms with Crippen LogP contribution in [0.2, 0.25) is 0 Å². The Labute approximate surface area is 110 Å². The highest BCUT2D eigenvalue weighted by atomic mass is 32.2. The molecule has 4 heteroatoms. The van der Waals surface area contributed by atoms with Gasteiger partial charge in [-0.05, 0) is 44.2 Å². The number of piperidine rings is 1. The predicted octanol–water partition coefficient (Wildman–Crippen LogP) is 2.12. The van der Waals surface area contributed by atoms with Gasteiger partial charge in [-0.25, -0.2) is 0 Å². The number of hydrogen-bond donors (Lipinski definition) is 1. The van der Waals surface area contributed by atoms with Crippen molar-refractivity contribution in [3.63, 3.8) is 0 Å². The molecule has 1 unspecified atom stereocenters. The van der Waals surface area contributed by atoms with Crippen LogP contribution in [0.5, 0.6) is 0 Å². The number of carbonyl (C=O) groups excluding carboxylic acids is 1. The Morgan fingerprint density at radius 3 is 2.94 bits per heavy atom. The molecule has 1 aliphatic rings. The summed E-state index contributed by atoms with van der Waals surface area (Å²) < 4.78 is 0. The lowest BCUT2D eigenvalue weighted by Gasteiger charge is -2.32. The number of nitrogens with one attached hydrogen (secondary N) is 1. The van der Waals surface area contributed by atoms with Crippen LogP contribution in [0, 0.1) is 0 Å². The third-order valence-electron chi connectivity index (χ3n) is 3.26. The number of hydrogen-bond acceptors (Lipinski definition) is 3. The molecule has 1 rings (SSSR count). The standard InChI is InChI=1S/C13H26N2OS/c1-3-14-12-8-7-10-15(13(12)16)9-5-4-6-11-17-2/h12,14H,3-11H2,1-2H3. The van der Waals surface area contributed by atoms with Crippen molar-refractivity contribution in [3.8, 4) is 0 Å². The van der Waals surface area contributed by atoms with Gasteiger partial charge < -0.3 is 10.2 Å². The molecule has 0 saturated carbocycles. The molecular weight excluding hydrogens is 232 g/mol. The molecule has 1 atom stereocenters. The van der Waals surface area contributed by atoms with E-state index < -0.39 is 0 Å². The largest absolute Gasteiger partial charge is 0.341 e. The molecule has 17 heavy (non-hydrogen) atoms. The minimum absolute atomic E-state index is 0.0833. The molecule has 1 aliphatic heterocycles. The lowest BCUT2D eigenvalue weighted by Crippen LogP contribution is -2.50. The zero-order chi connectivity index (χ0) is 12.5. The Bertz CT molecular complexity index is 221. The summed E-state index contributed by atoms with van der Waals surface area (Å²) in [5, 5.41) is 3.28. The molecule has 1 heterocycles. The predicted molar refractivity (Wildman–Crippen MR) is 75.5 cm³/mol. The molecule has 0 aromatic carbocycles. The van der Waals surface area contributed by atoms with Crippen molar-refractivity contribution in [1.82, 2.24) is 10.2 Å². The summed E-state index contributed by atoms with van der Waals surface area (Å²) in [6, 6.07) is 0.0833. The molecule has 1 N–H and O–H groups in total. The second kappa shape index (κ2) is 8.81. The highest BCUT2D eigenvalue weighted by Crippen LogP contribution is 2.13. The van der Waals surface area contributed by atoms with Crippen LogP contribution in [0.1, 0.15) is 39.0 Å². The topological polar surface area (TPSA) is 32.3 Å². The highest BCUT2D eigenvalue weighted by Gasteiger charge is 2.27. The van der Waals surface area contributed by atoms with E-state index in [1.807, 2.05) is 11.8 Å². The van der Waals surface area contributed by atoms with E-state index in [-0.39, 0.29) is 6.04 Å². The fourth-order valence-corrected chi connectivity index (χ4v) is 2.82. The fourth-order valence-electron chi connectivity index (χ4n) is 2.32. The Hall–Kier alpha value is -0.220. The summed E-state index contributed by atoms with van der Waals surface area (Å²) in [6.45, 7) is 4.87. The van der Waals surface area contributed by atoms with Gasteiger partial charge in [-0.15, -0.1) is 0 Å². The van der Waals surface area contributed by atoms with Crippen molar-refractivity contribution in [3.05, 3.63) is 0 Å². The van der Waals surface area contributed by atoms with Crippen molar-refractivity contribution in [2.75, 3.05) is 31.6 Å². The van der Waals surface area contributed by atoms with Gasteiger partial charge >= 0.3 is 0 Å². The van der Waals surface area contributed by atoms with E-state index in [4.69, 9.17) is 0 Å². The van der Waals surface area contributed by atoms with Gasteiger partial charge in [0.05, 0.1) is 6.04 Å². The number of amides is 1. The molecule has 0 spiro atoms. The van der Waals surface area contributed by atoms with Crippen LogP contribution in [0.25, 0.3) is 0 Å². The molecule has 1 fully saturated rings. The molecule has 1 saturated heterocycles. The average Bonchev–Trinajstić information content (AvgIpc) is 2.33. The second-order valence-electron chi connectivity index (χ2n) is 4.63. The second-order valence-corrected chi connectivity index (χ2v) is 5.62. The molecule has 0 bridgehead atoms. The molecule has 0 aromatic heterocycles. The third-order valence-corrected chi connectivity index (χ3v) is 3.95. The maximum Gasteiger partial charge on any atom is 0.239 e. The van der Waals surface area contributed by atoms with Crippen molar-refractivity contribution in [2.45, 2.75) is 45.1 Å². The van der Waals surface area contributed by atoms with Crippen LogP contribution in [0.4, 0.5) is 0 Å². The Kier molecular flexibility index (Phi) is 7.69. The van der Waals surface area contributed by atoms with Gasteiger partial charge in [-0.2, -0.15) is 11.8 Å². The van der Waals surface area contributed by atoms with Crippen LogP contribution in [-0.4, -0.2) is 48.5 Å². The smallest absolute Gasteiger partial charge is 0.239 e. The van der Waals surface area contributed by atoms with Crippen molar-refractivity contribution < 1.29 is 4.79 Å². The SMILES string of the molecule is CCNC1CCCN(CCCCCSC)C1=O. The third kappa shape index (κ3) is 5.30. The van der Waals surface area contributed by atoms with Gasteiger partial charge in [-0.3, -0.25) is 4.79 Å². The van der Waals surface area contributed by atoms with Crippen molar-refractivity contribution >= 4 is 17.7 Å². The molecule has 0 radical (unpaired) electrons. The summed E-state index contributed by atoms with van der Waals surface area (Å²) in [5.74, 6) is 1.57. The average molecular weight is 258 g/mol. The summed E-state index contributed by atoms with van der Waals surface area (Å²) in [6.07, 6.45) is 7.99. The maximum atomic E-state index is 12.1. The van der Waals surface area contributed by atoms with E-state index in [0.29, 0.717) is 5.91 Å². The number of carbonyl (C=O) groups is 1. The van der Waals surface area contributed by atoms with Crippen molar-refractivity contribution in [2.24, 2.45) is 0 Å². The molecule has 100 valence electrons. The minimum Gasteiger partial charge on any atom is -0.341 e. The number of unbranched alkanes of at least 4 members (excludes halogenated alkanes) is 2. The lowest BCUT2D eigenvalue weighted by molar-refractivity contribution is -0.136. The van der Waals surface area contributed by atoms with Crippen LogP contribution in [0.3, 0.4) is 0 Å². The molecular formula is C13H26N2OS. The minimum atomic E-state index is 0.0833. The van der Waals surface area contributed by atoms with Crippen molar-refractivity contribution in [1.29, 1.82) is 0 Å². The first-order valence-electron chi connectivity index (χ1n) is 6.80. The number of likely N-dealkylation sites (N-methyl/N-ethyl adjacent to an activating group) is 1. The molecule has 3 nitrogen and oxygen atoms in total. The zero-order valence-electron chi connectivity index (χ0n) is 11.2. The highest BCUT2D eigenvalue weighted by molar-refractivity contribution is 7.98. The summed E-state index contributed by atoms with van der Waals surface area (Å²) in [4.78, 5) is 14.1. The van der Waals surface area contributed by atoms with Crippen LogP contribution >= 0.6 is 11.8 Å². The van der Waals surface area contributed by atoms with Crippen LogP contribution in [0.15, 0.2) is 0 Å². The Balaban J connectivity index is 2.20. The molecule has 1 amide bonds. The first-order valence-corrected chi connectivity index (χ1v) is 8.20. The van der Waals surface area contributed by atoms with Gasteiger partial charge in [-0.1, -0.05) is 13.3 Å². The Morgan fingerprint density at radius 1 is 1.41 bits per heavy atom.